The number of rotatable bonds is 10. The number of fused-ring (bicyclic) bond motifs is 2. The number of β-amino-alcohol motifs (C(OH)–C–C–N with tert-alkyl or cyclic N) is 1. The van der Waals surface area contributed by atoms with Crippen LogP contribution in [-0.2, 0) is 12.1 Å². The van der Waals surface area contributed by atoms with Gasteiger partial charge in [0.1, 0.15) is 34.4 Å². The molecule has 1 atom stereocenters. The summed E-state index contributed by atoms with van der Waals surface area (Å²) in [4.78, 5) is 23.8. The maximum Gasteiger partial charge on any atom is 0.298 e. The minimum absolute atomic E-state index is 0.00169. The fourth-order valence-electron chi connectivity index (χ4n) is 6.79. The number of likely N-dealkylation sites (tertiary alicyclic amines) is 1. The van der Waals surface area contributed by atoms with Gasteiger partial charge in [-0.2, -0.15) is 0 Å². The summed E-state index contributed by atoms with van der Waals surface area (Å²) >= 11 is 1.48. The molecule has 274 valence electrons. The van der Waals surface area contributed by atoms with Crippen molar-refractivity contribution in [2.75, 3.05) is 50.0 Å². The molecule has 16 heteroatoms. The number of benzene rings is 3. The number of nitrogens with two attached hydrogens (primary N) is 3. The first-order valence-corrected chi connectivity index (χ1v) is 17.6. The third kappa shape index (κ3) is 7.91. The van der Waals surface area contributed by atoms with Crippen molar-refractivity contribution >= 4 is 45.2 Å². The first-order valence-electron chi connectivity index (χ1n) is 16.8. The fourth-order valence-corrected chi connectivity index (χ4v) is 7.76. The number of halogens is 2. The molecule has 5 aromatic rings. The van der Waals surface area contributed by atoms with E-state index in [4.69, 9.17) is 21.7 Å². The van der Waals surface area contributed by atoms with Gasteiger partial charge in [0, 0.05) is 47.9 Å². The predicted molar refractivity (Wildman–Crippen MR) is 200 cm³/mol. The van der Waals surface area contributed by atoms with Crippen molar-refractivity contribution in [1.82, 2.24) is 25.2 Å². The van der Waals surface area contributed by atoms with Crippen LogP contribution in [0.25, 0.3) is 16.0 Å². The number of nitrogens with zero attached hydrogens (tertiary/aromatic N) is 4. The second kappa shape index (κ2) is 16.1. The van der Waals surface area contributed by atoms with Gasteiger partial charge in [-0.15, -0.1) is 11.3 Å². The highest BCUT2D eigenvalue weighted by Gasteiger charge is 2.35. The molecule has 2 aliphatic heterocycles. The van der Waals surface area contributed by atoms with Gasteiger partial charge in [-0.1, -0.05) is 24.3 Å². The minimum Gasteiger partial charge on any atom is -0.490 e. The van der Waals surface area contributed by atoms with Crippen molar-refractivity contribution in [3.8, 4) is 11.4 Å². The average Bonchev–Trinajstić information content (AvgIpc) is 3.54. The van der Waals surface area contributed by atoms with Crippen LogP contribution in [0.1, 0.15) is 23.3 Å². The Hall–Kier alpha value is -4.97. The van der Waals surface area contributed by atoms with E-state index < -0.39 is 17.2 Å². The van der Waals surface area contributed by atoms with Crippen LogP contribution in [0.3, 0.4) is 0 Å². The molecule has 3 aromatic carbocycles. The van der Waals surface area contributed by atoms with Gasteiger partial charge in [-0.3, -0.25) is 30.9 Å². The van der Waals surface area contributed by atoms with Crippen LogP contribution >= 0.6 is 11.3 Å². The van der Waals surface area contributed by atoms with Gasteiger partial charge < -0.3 is 31.5 Å². The van der Waals surface area contributed by atoms with Gasteiger partial charge in [0.05, 0.1) is 29.8 Å². The standard InChI is InChI=1S/C35H38F2N8O3S.CH4N2/c36-22-6-8-27(28(37)16-22)35(47,20-41-39)21-43-12-10-23(11-13-43)40-19-26-18-30-33(49-26)42-32(38)34(46)45(30)25-7-9-31-29(17-25)44(14-15-48-31)24-4-2-1-3-5-24;2-1-3/h1-9,16-18,23,40-41,47H,10-15,19-21,39H2,(H2,38,42);1H,(H3,2,3). The van der Waals surface area contributed by atoms with Crippen molar-refractivity contribution < 1.29 is 18.6 Å². The van der Waals surface area contributed by atoms with Crippen LogP contribution in [0.5, 0.6) is 5.75 Å². The molecule has 1 unspecified atom stereocenters. The Kier molecular flexibility index (Phi) is 11.4. The van der Waals surface area contributed by atoms with Crippen LogP contribution < -0.4 is 43.2 Å². The quantitative estimate of drug-likeness (QED) is 0.0482. The Balaban J connectivity index is 0.00000150. The summed E-state index contributed by atoms with van der Waals surface area (Å²) < 4.78 is 35.7. The Labute approximate surface area is 303 Å². The number of hydrogen-bond donors (Lipinski definition) is 7. The maximum absolute atomic E-state index is 14.6. The molecule has 1 saturated heterocycles. The van der Waals surface area contributed by atoms with E-state index in [1.165, 1.54) is 17.4 Å². The topological polar surface area (TPSA) is 197 Å². The zero-order valence-electron chi connectivity index (χ0n) is 28.4. The Bertz CT molecular complexity index is 2070. The molecule has 2 aromatic heterocycles. The number of aromatic nitrogens is 2. The average molecular weight is 733 g/mol. The Morgan fingerprint density at radius 3 is 2.52 bits per heavy atom. The van der Waals surface area contributed by atoms with Crippen LogP contribution in [0.4, 0.5) is 26.0 Å². The molecule has 13 nitrogen and oxygen atoms in total. The second-order valence-electron chi connectivity index (χ2n) is 12.7. The molecular formula is C36H42F2N10O3S. The first-order chi connectivity index (χ1) is 25.1. The molecular weight excluding hydrogens is 691 g/mol. The maximum atomic E-state index is 14.6. The summed E-state index contributed by atoms with van der Waals surface area (Å²) in [5.74, 6) is 4.68. The summed E-state index contributed by atoms with van der Waals surface area (Å²) in [5, 5.41) is 20.8. The summed E-state index contributed by atoms with van der Waals surface area (Å²) in [6.45, 7) is 3.19. The van der Waals surface area contributed by atoms with E-state index in [0.717, 1.165) is 53.3 Å². The highest BCUT2D eigenvalue weighted by atomic mass is 32.1. The lowest BCUT2D eigenvalue weighted by molar-refractivity contribution is -0.00990. The smallest absolute Gasteiger partial charge is 0.298 e. The first kappa shape index (κ1) is 36.8. The van der Waals surface area contributed by atoms with Crippen LogP contribution in [0.2, 0.25) is 0 Å². The zero-order valence-corrected chi connectivity index (χ0v) is 29.2. The number of anilines is 3. The summed E-state index contributed by atoms with van der Waals surface area (Å²) in [6.07, 6.45) is 2.35. The van der Waals surface area contributed by atoms with E-state index in [1.807, 2.05) is 54.6 Å². The Morgan fingerprint density at radius 1 is 1.06 bits per heavy atom. The fraction of sp³-hybridized carbons (Fsp3) is 0.306. The summed E-state index contributed by atoms with van der Waals surface area (Å²) in [5.41, 5.74) is 14.2. The van der Waals surface area contributed by atoms with E-state index in [9.17, 15) is 18.7 Å². The molecule has 0 spiro atoms. The van der Waals surface area contributed by atoms with Crippen LogP contribution in [0.15, 0.2) is 77.6 Å². The number of thiophene rings is 1. The lowest BCUT2D eigenvalue weighted by Gasteiger charge is -2.38. The van der Waals surface area contributed by atoms with Crippen LogP contribution in [-0.4, -0.2) is 71.3 Å². The molecule has 0 bridgehead atoms. The number of nitrogens with one attached hydrogen (secondary N) is 3. The highest BCUT2D eigenvalue weighted by Crippen LogP contribution is 2.38. The van der Waals surface area contributed by atoms with Gasteiger partial charge in [-0.25, -0.2) is 13.8 Å². The van der Waals surface area contributed by atoms with E-state index in [2.05, 4.69) is 31.3 Å². The third-order valence-corrected chi connectivity index (χ3v) is 10.2. The van der Waals surface area contributed by atoms with Crippen LogP contribution in [0, 0.1) is 17.0 Å². The number of nitrogen functional groups attached to an aromatic ring is 1. The molecule has 2 aliphatic rings. The number of aliphatic hydroxyl groups is 1. The largest absolute Gasteiger partial charge is 0.490 e. The van der Waals surface area contributed by atoms with Gasteiger partial charge >= 0.3 is 0 Å². The normalized spacial score (nSPS) is 16.0. The van der Waals surface area contributed by atoms with E-state index in [-0.39, 0.29) is 36.1 Å². The van der Waals surface area contributed by atoms with E-state index in [1.54, 1.807) is 4.57 Å². The highest BCUT2D eigenvalue weighted by molar-refractivity contribution is 7.18. The van der Waals surface area contributed by atoms with Crippen molar-refractivity contribution in [1.29, 1.82) is 5.41 Å². The third-order valence-electron chi connectivity index (χ3n) is 9.23. The molecule has 10 N–H and O–H groups in total. The lowest BCUT2D eigenvalue weighted by Crippen LogP contribution is -2.52. The zero-order chi connectivity index (χ0) is 36.8. The predicted octanol–water partition coefficient (Wildman–Crippen LogP) is 3.30. The lowest BCUT2D eigenvalue weighted by atomic mass is 9.91. The molecule has 4 heterocycles. The van der Waals surface area contributed by atoms with Crippen molar-refractivity contribution in [3.05, 3.63) is 105 Å². The Morgan fingerprint density at radius 2 is 1.81 bits per heavy atom. The van der Waals surface area contributed by atoms with Gasteiger partial charge in [0.2, 0.25) is 0 Å². The monoisotopic (exact) mass is 732 g/mol. The summed E-state index contributed by atoms with van der Waals surface area (Å²) in [6, 6.07) is 21.1. The molecule has 0 amide bonds. The SMILES string of the molecule is N=CN.NNCC(O)(CN1CCC(NCc2cc3c(nc(N)c(=O)n3-c3ccc4c(c3)N(c3ccccc3)CCO4)s2)CC1)c1ccc(F)cc1F. The number of hydrogen-bond acceptors (Lipinski definition) is 12. The summed E-state index contributed by atoms with van der Waals surface area (Å²) in [7, 11) is 0. The van der Waals surface area contributed by atoms with Gasteiger partial charge in [0.25, 0.3) is 5.56 Å². The number of para-hydroxylation sites is 1. The molecule has 1 fully saturated rings. The van der Waals surface area contributed by atoms with Gasteiger partial charge in [0.15, 0.2) is 5.82 Å². The second-order valence-corrected chi connectivity index (χ2v) is 13.8. The molecule has 52 heavy (non-hydrogen) atoms. The number of ether oxygens (including phenoxy) is 1. The molecule has 0 saturated carbocycles. The molecule has 0 aliphatic carbocycles. The van der Waals surface area contributed by atoms with E-state index >= 15 is 0 Å². The number of hydrazine groups is 1. The van der Waals surface area contributed by atoms with Crippen molar-refractivity contribution in [2.24, 2.45) is 11.6 Å². The number of piperidine rings is 1. The van der Waals surface area contributed by atoms with Crippen molar-refractivity contribution in [2.45, 2.75) is 31.0 Å². The minimum atomic E-state index is -1.63. The van der Waals surface area contributed by atoms with E-state index in [0.29, 0.717) is 48.8 Å². The van der Waals surface area contributed by atoms with Gasteiger partial charge in [-0.05, 0) is 68.4 Å². The molecule has 7 rings (SSSR count). The van der Waals surface area contributed by atoms with Crippen molar-refractivity contribution in [3.63, 3.8) is 0 Å². The molecule has 0 radical (unpaired) electrons.